The number of amides is 1. The lowest BCUT2D eigenvalue weighted by molar-refractivity contribution is -0.136. The van der Waals surface area contributed by atoms with Gasteiger partial charge in [0.2, 0.25) is 6.79 Å². The van der Waals surface area contributed by atoms with Gasteiger partial charge in [0.05, 0.1) is 13.2 Å². The summed E-state index contributed by atoms with van der Waals surface area (Å²) in [4.78, 5) is 13.6. The molecule has 1 fully saturated rings. The number of ether oxygens (including phenoxy) is 3. The van der Waals surface area contributed by atoms with E-state index in [0.717, 1.165) is 5.69 Å². The van der Waals surface area contributed by atoms with Gasteiger partial charge in [0.1, 0.15) is 0 Å². The van der Waals surface area contributed by atoms with Gasteiger partial charge in [-0.15, -0.1) is 0 Å². The first kappa shape index (κ1) is 11.3. The number of carbonyl (C=O) groups excluding carboxylic acids is 1. The highest BCUT2D eigenvalue weighted by Crippen LogP contribution is 2.35. The average Bonchev–Trinajstić information content (AvgIpc) is 2.86. The summed E-state index contributed by atoms with van der Waals surface area (Å²) in [5.41, 5.74) is 0.728. The standard InChI is InChI=1S/C12H13NO5/c14-6-11-12(15)13(3-4-16-11)8-1-2-9-10(5-8)18-7-17-9/h1-2,5,11,14H,3-4,6-7H2. The number of fused-ring (bicyclic) bond motifs is 1. The molecule has 0 spiro atoms. The van der Waals surface area contributed by atoms with E-state index in [9.17, 15) is 4.79 Å². The lowest BCUT2D eigenvalue weighted by Crippen LogP contribution is -2.49. The summed E-state index contributed by atoms with van der Waals surface area (Å²) in [5.74, 6) is 1.08. The topological polar surface area (TPSA) is 68.2 Å². The Morgan fingerprint density at radius 1 is 1.33 bits per heavy atom. The number of hydrogen-bond acceptors (Lipinski definition) is 5. The van der Waals surface area contributed by atoms with Crippen LogP contribution in [0.4, 0.5) is 5.69 Å². The van der Waals surface area contributed by atoms with Crippen LogP contribution in [0.25, 0.3) is 0 Å². The summed E-state index contributed by atoms with van der Waals surface area (Å²) >= 11 is 0. The van der Waals surface area contributed by atoms with Gasteiger partial charge in [-0.3, -0.25) is 4.79 Å². The highest BCUT2D eigenvalue weighted by atomic mass is 16.7. The Kier molecular flexibility index (Phi) is 2.81. The predicted octanol–water partition coefficient (Wildman–Crippen LogP) is 0.139. The molecule has 1 N–H and O–H groups in total. The third-order valence-electron chi connectivity index (χ3n) is 3.01. The van der Waals surface area contributed by atoms with Crippen LogP contribution in [0, 0.1) is 0 Å². The van der Waals surface area contributed by atoms with E-state index in [1.165, 1.54) is 0 Å². The van der Waals surface area contributed by atoms with Crippen molar-refractivity contribution < 1.29 is 24.1 Å². The van der Waals surface area contributed by atoms with E-state index in [0.29, 0.717) is 24.7 Å². The monoisotopic (exact) mass is 251 g/mol. The first-order valence-electron chi connectivity index (χ1n) is 5.73. The Morgan fingerprint density at radius 3 is 3.00 bits per heavy atom. The average molecular weight is 251 g/mol. The summed E-state index contributed by atoms with van der Waals surface area (Å²) in [6.07, 6.45) is -0.774. The normalized spacial score (nSPS) is 22.4. The third kappa shape index (κ3) is 1.79. The molecule has 0 bridgehead atoms. The fourth-order valence-corrected chi connectivity index (χ4v) is 2.08. The van der Waals surface area contributed by atoms with Crippen molar-refractivity contribution in [3.05, 3.63) is 18.2 Å². The zero-order chi connectivity index (χ0) is 12.5. The zero-order valence-electron chi connectivity index (χ0n) is 9.67. The van der Waals surface area contributed by atoms with Crippen LogP contribution in [0.1, 0.15) is 0 Å². The van der Waals surface area contributed by atoms with Crippen LogP contribution >= 0.6 is 0 Å². The molecule has 96 valence electrons. The molecule has 2 heterocycles. The highest BCUT2D eigenvalue weighted by molar-refractivity contribution is 5.97. The third-order valence-corrected chi connectivity index (χ3v) is 3.01. The number of aliphatic hydroxyl groups is 1. The summed E-state index contributed by atoms with van der Waals surface area (Å²) in [6.45, 7) is 0.773. The molecule has 1 aromatic carbocycles. The summed E-state index contributed by atoms with van der Waals surface area (Å²) in [7, 11) is 0. The van der Waals surface area contributed by atoms with E-state index in [2.05, 4.69) is 0 Å². The van der Waals surface area contributed by atoms with Crippen molar-refractivity contribution in [2.75, 3.05) is 31.5 Å². The Bertz CT molecular complexity index is 476. The number of morpholine rings is 1. The molecular weight excluding hydrogens is 238 g/mol. The zero-order valence-corrected chi connectivity index (χ0v) is 9.67. The molecule has 6 heteroatoms. The first-order valence-corrected chi connectivity index (χ1v) is 5.73. The van der Waals surface area contributed by atoms with Gasteiger partial charge in [0.25, 0.3) is 5.91 Å². The predicted molar refractivity (Wildman–Crippen MR) is 61.7 cm³/mol. The molecule has 18 heavy (non-hydrogen) atoms. The van der Waals surface area contributed by atoms with Gasteiger partial charge in [0.15, 0.2) is 17.6 Å². The largest absolute Gasteiger partial charge is 0.454 e. The molecule has 0 radical (unpaired) electrons. The molecule has 0 saturated carbocycles. The minimum Gasteiger partial charge on any atom is -0.454 e. The van der Waals surface area contributed by atoms with Crippen molar-refractivity contribution in [1.82, 2.24) is 0 Å². The molecule has 1 saturated heterocycles. The number of hydrogen-bond donors (Lipinski definition) is 1. The number of benzene rings is 1. The van der Waals surface area contributed by atoms with Gasteiger partial charge in [-0.25, -0.2) is 0 Å². The lowest BCUT2D eigenvalue weighted by Gasteiger charge is -2.31. The van der Waals surface area contributed by atoms with Crippen molar-refractivity contribution in [1.29, 1.82) is 0 Å². The molecule has 0 aromatic heterocycles. The molecule has 1 amide bonds. The van der Waals surface area contributed by atoms with Crippen molar-refractivity contribution in [2.24, 2.45) is 0 Å². The van der Waals surface area contributed by atoms with Crippen LogP contribution < -0.4 is 14.4 Å². The van der Waals surface area contributed by atoms with Gasteiger partial charge in [-0.05, 0) is 12.1 Å². The van der Waals surface area contributed by atoms with Gasteiger partial charge in [-0.2, -0.15) is 0 Å². The molecule has 1 aromatic rings. The van der Waals surface area contributed by atoms with Gasteiger partial charge < -0.3 is 24.2 Å². The van der Waals surface area contributed by atoms with Crippen LogP contribution in [0.2, 0.25) is 0 Å². The number of anilines is 1. The highest BCUT2D eigenvalue weighted by Gasteiger charge is 2.30. The minimum absolute atomic E-state index is 0.203. The van der Waals surface area contributed by atoms with Gasteiger partial charge in [-0.1, -0.05) is 0 Å². The summed E-state index contributed by atoms with van der Waals surface area (Å²) in [6, 6.07) is 5.33. The molecule has 2 aliphatic heterocycles. The van der Waals surface area contributed by atoms with Gasteiger partial charge in [0, 0.05) is 18.3 Å². The molecular formula is C12H13NO5. The maximum Gasteiger partial charge on any atom is 0.258 e. The Hall–Kier alpha value is -1.79. The van der Waals surface area contributed by atoms with Crippen LogP contribution in [-0.4, -0.2) is 43.7 Å². The maximum absolute atomic E-state index is 12.0. The molecule has 0 aliphatic carbocycles. The second kappa shape index (κ2) is 4.47. The molecule has 2 aliphatic rings. The quantitative estimate of drug-likeness (QED) is 0.809. The van der Waals surface area contributed by atoms with Crippen molar-refractivity contribution in [3.63, 3.8) is 0 Å². The van der Waals surface area contributed by atoms with Crippen LogP contribution in [0.3, 0.4) is 0 Å². The minimum atomic E-state index is -0.774. The first-order chi connectivity index (χ1) is 8.79. The SMILES string of the molecule is O=C1C(CO)OCCN1c1ccc2c(c1)OCO2. The maximum atomic E-state index is 12.0. The summed E-state index contributed by atoms with van der Waals surface area (Å²) < 4.78 is 15.7. The van der Waals surface area contributed by atoms with Crippen molar-refractivity contribution >= 4 is 11.6 Å². The van der Waals surface area contributed by atoms with E-state index in [1.807, 2.05) is 0 Å². The van der Waals surface area contributed by atoms with E-state index in [4.69, 9.17) is 19.3 Å². The van der Waals surface area contributed by atoms with Crippen molar-refractivity contribution in [3.8, 4) is 11.5 Å². The van der Waals surface area contributed by atoms with E-state index < -0.39 is 6.10 Å². The molecule has 1 atom stereocenters. The Labute approximate surface area is 104 Å². The van der Waals surface area contributed by atoms with E-state index in [-0.39, 0.29) is 19.3 Å². The van der Waals surface area contributed by atoms with Crippen molar-refractivity contribution in [2.45, 2.75) is 6.10 Å². The number of carbonyl (C=O) groups is 1. The van der Waals surface area contributed by atoms with Gasteiger partial charge >= 0.3 is 0 Å². The Balaban J connectivity index is 1.87. The number of aliphatic hydroxyl groups excluding tert-OH is 1. The number of nitrogens with zero attached hydrogens (tertiary/aromatic N) is 1. The molecule has 6 nitrogen and oxygen atoms in total. The molecule has 1 unspecified atom stereocenters. The smallest absolute Gasteiger partial charge is 0.258 e. The summed E-state index contributed by atoms with van der Waals surface area (Å²) in [5, 5.41) is 9.06. The Morgan fingerprint density at radius 2 is 2.17 bits per heavy atom. The fraction of sp³-hybridized carbons (Fsp3) is 0.417. The second-order valence-electron chi connectivity index (χ2n) is 4.07. The lowest BCUT2D eigenvalue weighted by atomic mass is 10.2. The fourth-order valence-electron chi connectivity index (χ4n) is 2.08. The number of rotatable bonds is 2. The van der Waals surface area contributed by atoms with Crippen LogP contribution in [-0.2, 0) is 9.53 Å². The second-order valence-corrected chi connectivity index (χ2v) is 4.07. The van der Waals surface area contributed by atoms with E-state index >= 15 is 0 Å². The van der Waals surface area contributed by atoms with Crippen LogP contribution in [0.15, 0.2) is 18.2 Å². The van der Waals surface area contributed by atoms with Crippen LogP contribution in [0.5, 0.6) is 11.5 Å². The molecule has 3 rings (SSSR count). The van der Waals surface area contributed by atoms with E-state index in [1.54, 1.807) is 23.1 Å².